The molecule has 0 saturated carbocycles. The van der Waals surface area contributed by atoms with E-state index in [0.29, 0.717) is 5.56 Å². The SMILES string of the molecule is CCc1ccc(CN(C(=O)OCc2ccc(OC(C)C)cc2)C2CCN(C)CC2)c(F)c1. The number of likely N-dealkylation sites (tertiary alicyclic amines) is 1. The van der Waals surface area contributed by atoms with Gasteiger partial charge in [-0.3, -0.25) is 0 Å². The van der Waals surface area contributed by atoms with Crippen molar-refractivity contribution in [3.63, 3.8) is 0 Å². The van der Waals surface area contributed by atoms with Crippen molar-refractivity contribution >= 4 is 6.09 Å². The number of carbonyl (C=O) groups excluding carboxylic acids is 1. The molecule has 0 spiro atoms. The first-order valence-corrected chi connectivity index (χ1v) is 11.5. The van der Waals surface area contributed by atoms with E-state index in [4.69, 9.17) is 9.47 Å². The fourth-order valence-electron chi connectivity index (χ4n) is 3.94. The molecule has 32 heavy (non-hydrogen) atoms. The molecule has 0 bridgehead atoms. The smallest absolute Gasteiger partial charge is 0.410 e. The Hall–Kier alpha value is -2.60. The molecule has 2 aromatic rings. The van der Waals surface area contributed by atoms with Gasteiger partial charge in [-0.2, -0.15) is 0 Å². The number of halogens is 1. The molecule has 1 saturated heterocycles. The molecule has 1 heterocycles. The lowest BCUT2D eigenvalue weighted by Crippen LogP contribution is -2.46. The number of hydrogen-bond acceptors (Lipinski definition) is 4. The topological polar surface area (TPSA) is 42.0 Å². The van der Waals surface area contributed by atoms with E-state index in [1.807, 2.05) is 51.1 Å². The third-order valence-corrected chi connectivity index (χ3v) is 5.89. The minimum absolute atomic E-state index is 0.0331. The molecule has 1 aliphatic heterocycles. The normalized spacial score (nSPS) is 15.1. The van der Waals surface area contributed by atoms with Gasteiger partial charge in [-0.1, -0.05) is 31.2 Å². The minimum Gasteiger partial charge on any atom is -0.491 e. The number of ether oxygens (including phenoxy) is 2. The van der Waals surface area contributed by atoms with Crippen LogP contribution in [-0.4, -0.2) is 48.2 Å². The van der Waals surface area contributed by atoms with E-state index in [1.165, 1.54) is 0 Å². The van der Waals surface area contributed by atoms with Crippen molar-refractivity contribution in [2.24, 2.45) is 0 Å². The van der Waals surface area contributed by atoms with Crippen LogP contribution in [0.3, 0.4) is 0 Å². The molecule has 0 atom stereocenters. The van der Waals surface area contributed by atoms with Gasteiger partial charge in [0.2, 0.25) is 0 Å². The molecule has 1 amide bonds. The van der Waals surface area contributed by atoms with Crippen LogP contribution >= 0.6 is 0 Å². The summed E-state index contributed by atoms with van der Waals surface area (Å²) in [5.41, 5.74) is 2.36. The van der Waals surface area contributed by atoms with Gasteiger partial charge in [0.25, 0.3) is 0 Å². The standard InChI is InChI=1S/C26H35FN2O3/c1-5-20-6-9-22(25(27)16-20)17-29(23-12-14-28(4)15-13-23)26(30)31-18-21-7-10-24(11-8-21)32-19(2)3/h6-11,16,19,23H,5,12-15,17-18H2,1-4H3. The predicted molar refractivity (Wildman–Crippen MR) is 124 cm³/mol. The molecule has 0 unspecified atom stereocenters. The molecular weight excluding hydrogens is 407 g/mol. The Morgan fingerprint density at radius 3 is 2.38 bits per heavy atom. The zero-order chi connectivity index (χ0) is 23.1. The second-order valence-corrected chi connectivity index (χ2v) is 8.81. The predicted octanol–water partition coefficient (Wildman–Crippen LogP) is 5.41. The van der Waals surface area contributed by atoms with Crippen molar-refractivity contribution in [1.29, 1.82) is 0 Å². The van der Waals surface area contributed by atoms with E-state index in [9.17, 15) is 9.18 Å². The van der Waals surface area contributed by atoms with Crippen LogP contribution in [0, 0.1) is 5.82 Å². The van der Waals surface area contributed by atoms with E-state index in [-0.39, 0.29) is 31.1 Å². The first-order valence-electron chi connectivity index (χ1n) is 11.5. The van der Waals surface area contributed by atoms with Gasteiger partial charge in [0.1, 0.15) is 18.2 Å². The number of rotatable bonds is 8. The van der Waals surface area contributed by atoms with Gasteiger partial charge in [-0.15, -0.1) is 0 Å². The van der Waals surface area contributed by atoms with Gasteiger partial charge in [0.15, 0.2) is 0 Å². The summed E-state index contributed by atoms with van der Waals surface area (Å²) in [6.07, 6.45) is 2.18. The van der Waals surface area contributed by atoms with Crippen molar-refractivity contribution in [3.05, 3.63) is 65.0 Å². The largest absolute Gasteiger partial charge is 0.491 e. The zero-order valence-corrected chi connectivity index (χ0v) is 19.6. The maximum absolute atomic E-state index is 14.7. The molecular formula is C26H35FN2O3. The van der Waals surface area contributed by atoms with Crippen molar-refractivity contribution in [2.75, 3.05) is 20.1 Å². The van der Waals surface area contributed by atoms with E-state index in [1.54, 1.807) is 17.0 Å². The lowest BCUT2D eigenvalue weighted by atomic mass is 10.0. The number of nitrogens with zero attached hydrogens (tertiary/aromatic N) is 2. The van der Waals surface area contributed by atoms with E-state index in [2.05, 4.69) is 11.9 Å². The first-order chi connectivity index (χ1) is 15.4. The highest BCUT2D eigenvalue weighted by molar-refractivity contribution is 5.68. The first kappa shape index (κ1) is 24.1. The fourth-order valence-corrected chi connectivity index (χ4v) is 3.94. The van der Waals surface area contributed by atoms with Crippen LogP contribution in [0.5, 0.6) is 5.75 Å². The Morgan fingerprint density at radius 2 is 1.78 bits per heavy atom. The molecule has 0 N–H and O–H groups in total. The number of amides is 1. The van der Waals surface area contributed by atoms with Crippen LogP contribution in [-0.2, 0) is 24.3 Å². The van der Waals surface area contributed by atoms with Gasteiger partial charge < -0.3 is 19.3 Å². The highest BCUT2D eigenvalue weighted by Crippen LogP contribution is 2.22. The summed E-state index contributed by atoms with van der Waals surface area (Å²) >= 11 is 0. The molecule has 1 fully saturated rings. The Balaban J connectivity index is 1.69. The van der Waals surface area contributed by atoms with Crippen LogP contribution in [0.2, 0.25) is 0 Å². The van der Waals surface area contributed by atoms with Gasteiger partial charge in [-0.25, -0.2) is 9.18 Å². The number of carbonyl (C=O) groups is 1. The summed E-state index contributed by atoms with van der Waals surface area (Å²) in [5.74, 6) is 0.518. The summed E-state index contributed by atoms with van der Waals surface area (Å²) in [4.78, 5) is 17.0. The van der Waals surface area contributed by atoms with Gasteiger partial charge in [0, 0.05) is 11.6 Å². The molecule has 3 rings (SSSR count). The van der Waals surface area contributed by atoms with Crippen molar-refractivity contribution < 1.29 is 18.7 Å². The molecule has 2 aromatic carbocycles. The summed E-state index contributed by atoms with van der Waals surface area (Å²) in [6.45, 7) is 8.15. The van der Waals surface area contributed by atoms with Crippen molar-refractivity contribution in [2.45, 2.75) is 65.3 Å². The lowest BCUT2D eigenvalue weighted by Gasteiger charge is -2.36. The number of hydrogen-bond donors (Lipinski definition) is 0. The third kappa shape index (κ3) is 6.70. The van der Waals surface area contributed by atoms with Gasteiger partial charge in [0.05, 0.1) is 12.6 Å². The van der Waals surface area contributed by atoms with Gasteiger partial charge in [-0.05, 0) is 82.6 Å². The monoisotopic (exact) mass is 442 g/mol. The maximum Gasteiger partial charge on any atom is 0.410 e. The van der Waals surface area contributed by atoms with Crippen LogP contribution in [0.1, 0.15) is 50.3 Å². The Labute approximate surface area is 191 Å². The van der Waals surface area contributed by atoms with Crippen molar-refractivity contribution in [3.8, 4) is 5.75 Å². The molecule has 1 aliphatic rings. The average molecular weight is 443 g/mol. The molecule has 0 aromatic heterocycles. The van der Waals surface area contributed by atoms with Crippen molar-refractivity contribution in [1.82, 2.24) is 9.80 Å². The summed E-state index contributed by atoms with van der Waals surface area (Å²) in [6, 6.07) is 12.9. The lowest BCUT2D eigenvalue weighted by molar-refractivity contribution is 0.0599. The Kier molecular flexibility index (Phi) is 8.51. The zero-order valence-electron chi connectivity index (χ0n) is 19.6. The number of piperidine rings is 1. The van der Waals surface area contributed by atoms with E-state index >= 15 is 0 Å². The van der Waals surface area contributed by atoms with E-state index < -0.39 is 6.09 Å². The van der Waals surface area contributed by atoms with Gasteiger partial charge >= 0.3 is 6.09 Å². The number of aryl methyl sites for hydroxylation is 1. The summed E-state index contributed by atoms with van der Waals surface area (Å²) < 4.78 is 26.0. The fraction of sp³-hybridized carbons (Fsp3) is 0.500. The van der Waals surface area contributed by atoms with Crippen LogP contribution < -0.4 is 4.74 Å². The molecule has 0 radical (unpaired) electrons. The molecule has 5 nitrogen and oxygen atoms in total. The Morgan fingerprint density at radius 1 is 1.12 bits per heavy atom. The molecule has 6 heteroatoms. The third-order valence-electron chi connectivity index (χ3n) is 5.89. The summed E-state index contributed by atoms with van der Waals surface area (Å²) in [5, 5.41) is 0. The maximum atomic E-state index is 14.7. The van der Waals surface area contributed by atoms with Crippen LogP contribution in [0.15, 0.2) is 42.5 Å². The van der Waals surface area contributed by atoms with Crippen LogP contribution in [0.25, 0.3) is 0 Å². The highest BCUT2D eigenvalue weighted by Gasteiger charge is 2.29. The molecule has 174 valence electrons. The Bertz CT molecular complexity index is 877. The number of benzene rings is 2. The van der Waals surface area contributed by atoms with E-state index in [0.717, 1.165) is 49.2 Å². The molecule has 0 aliphatic carbocycles. The quantitative estimate of drug-likeness (QED) is 0.548. The second kappa shape index (κ2) is 11.3. The van der Waals surface area contributed by atoms with Crippen LogP contribution in [0.4, 0.5) is 9.18 Å². The minimum atomic E-state index is -0.402. The second-order valence-electron chi connectivity index (χ2n) is 8.81. The highest BCUT2D eigenvalue weighted by atomic mass is 19.1. The average Bonchev–Trinajstić information content (AvgIpc) is 2.78. The summed E-state index contributed by atoms with van der Waals surface area (Å²) in [7, 11) is 2.08.